The summed E-state index contributed by atoms with van der Waals surface area (Å²) in [5.41, 5.74) is 0. The van der Waals surface area contributed by atoms with Crippen LogP contribution in [0.2, 0.25) is 0 Å². The summed E-state index contributed by atoms with van der Waals surface area (Å²) in [4.78, 5) is 22.6. The molecule has 0 aromatic carbocycles. The Morgan fingerprint density at radius 1 is 1.00 bits per heavy atom. The molecular weight excluding hydrogens is 374 g/mol. The van der Waals surface area contributed by atoms with E-state index in [0.29, 0.717) is 0 Å². The first kappa shape index (κ1) is 21.9. The molecule has 27 heavy (non-hydrogen) atoms. The second kappa shape index (κ2) is 8.72. The van der Waals surface area contributed by atoms with Crippen molar-refractivity contribution < 1.29 is 59.5 Å². The maximum Gasteiger partial charge on any atom is 0.335 e. The van der Waals surface area contributed by atoms with Crippen LogP contribution < -0.4 is 5.32 Å². The van der Waals surface area contributed by atoms with Crippen molar-refractivity contribution in [2.75, 3.05) is 6.61 Å². The van der Waals surface area contributed by atoms with Crippen molar-refractivity contribution >= 4 is 11.9 Å². The van der Waals surface area contributed by atoms with Crippen molar-refractivity contribution in [1.82, 2.24) is 5.32 Å². The van der Waals surface area contributed by atoms with Gasteiger partial charge in [0.05, 0.1) is 6.61 Å². The lowest BCUT2D eigenvalue weighted by Gasteiger charge is -2.45. The maximum absolute atomic E-state index is 11.4. The monoisotopic (exact) mass is 397 g/mol. The van der Waals surface area contributed by atoms with E-state index in [1.807, 2.05) is 0 Å². The number of ether oxygens (including phenoxy) is 3. The van der Waals surface area contributed by atoms with E-state index in [2.05, 4.69) is 5.32 Å². The predicted octanol–water partition coefficient (Wildman–Crippen LogP) is -5.16. The molecule has 2 aliphatic rings. The third-order valence-corrected chi connectivity index (χ3v) is 4.35. The van der Waals surface area contributed by atoms with Gasteiger partial charge in [-0.2, -0.15) is 0 Å². The molecule has 0 aromatic rings. The van der Waals surface area contributed by atoms with Gasteiger partial charge in [0.1, 0.15) is 42.7 Å². The minimum Gasteiger partial charge on any atom is -0.479 e. The van der Waals surface area contributed by atoms with Gasteiger partial charge in [0.25, 0.3) is 0 Å². The number of nitrogens with one attached hydrogen (secondary N) is 1. The lowest BCUT2D eigenvalue weighted by molar-refractivity contribution is -0.341. The van der Waals surface area contributed by atoms with Crippen molar-refractivity contribution in [1.29, 1.82) is 0 Å². The molecule has 2 heterocycles. The molecule has 156 valence electrons. The van der Waals surface area contributed by atoms with E-state index >= 15 is 0 Å². The summed E-state index contributed by atoms with van der Waals surface area (Å²) in [6.07, 6.45) is -15.7. The minimum absolute atomic E-state index is 0.651. The van der Waals surface area contributed by atoms with Gasteiger partial charge in [0.15, 0.2) is 18.7 Å². The number of carboxylic acids is 1. The lowest BCUT2D eigenvalue weighted by atomic mass is 9.95. The molecule has 2 rings (SSSR count). The van der Waals surface area contributed by atoms with E-state index in [-0.39, 0.29) is 0 Å². The van der Waals surface area contributed by atoms with Gasteiger partial charge in [-0.05, 0) is 0 Å². The number of hydrogen-bond acceptors (Lipinski definition) is 11. The Labute approximate surface area is 152 Å². The van der Waals surface area contributed by atoms with Crippen LogP contribution in [0.15, 0.2) is 0 Å². The molecule has 2 saturated heterocycles. The highest BCUT2D eigenvalue weighted by Crippen LogP contribution is 2.28. The smallest absolute Gasteiger partial charge is 0.335 e. The highest BCUT2D eigenvalue weighted by Gasteiger charge is 2.52. The number of carbonyl (C=O) groups is 2. The van der Waals surface area contributed by atoms with Gasteiger partial charge in [0.2, 0.25) is 5.91 Å². The number of hydrogen-bond donors (Lipinski definition) is 8. The molecular formula is C14H23NO12. The highest BCUT2D eigenvalue weighted by molar-refractivity contribution is 5.74. The SMILES string of the molecule is CC(=O)N[C@@H]1C(O)O[C@H](C(=O)O)[C@@H](O[C@H]2O[C@H](CO)[C@@H](O)[C@H](O)[C@H]2O)[C@@H]1O. The van der Waals surface area contributed by atoms with Gasteiger partial charge in [-0.15, -0.1) is 0 Å². The van der Waals surface area contributed by atoms with Gasteiger partial charge >= 0.3 is 5.97 Å². The van der Waals surface area contributed by atoms with Crippen LogP contribution in [0.5, 0.6) is 0 Å². The van der Waals surface area contributed by atoms with E-state index < -0.39 is 79.8 Å². The topological polar surface area (TPSA) is 215 Å². The molecule has 0 saturated carbocycles. The van der Waals surface area contributed by atoms with Crippen LogP contribution in [-0.2, 0) is 23.8 Å². The standard InChI is InChI=1S/C14H23NO12/c1-3(17)15-5-7(19)10(11(12(22)23)26-13(5)24)27-14-9(21)8(20)6(18)4(2-16)25-14/h4-11,13-14,16,18-21,24H,2H2,1H3,(H,15,17)(H,22,23)/t4-,5+,6-,7-,8+,9-,10+,11+,13?,14-/m1/s1. The molecule has 8 N–H and O–H groups in total. The number of rotatable bonds is 5. The van der Waals surface area contributed by atoms with E-state index in [1.165, 1.54) is 0 Å². The van der Waals surface area contributed by atoms with E-state index in [0.717, 1.165) is 6.92 Å². The molecule has 0 radical (unpaired) electrons. The van der Waals surface area contributed by atoms with Crippen LogP contribution in [0.4, 0.5) is 0 Å². The first-order chi connectivity index (χ1) is 12.6. The number of aliphatic hydroxyl groups excluding tert-OH is 6. The summed E-state index contributed by atoms with van der Waals surface area (Å²) >= 11 is 0. The summed E-state index contributed by atoms with van der Waals surface area (Å²) in [6, 6.07) is -1.45. The average molecular weight is 397 g/mol. The molecule has 1 amide bonds. The van der Waals surface area contributed by atoms with Crippen LogP contribution in [0.1, 0.15) is 6.92 Å². The molecule has 2 aliphatic heterocycles. The van der Waals surface area contributed by atoms with Crippen molar-refractivity contribution in [3.63, 3.8) is 0 Å². The molecule has 2 fully saturated rings. The lowest BCUT2D eigenvalue weighted by Crippen LogP contribution is -2.67. The zero-order valence-electron chi connectivity index (χ0n) is 14.2. The highest BCUT2D eigenvalue weighted by atomic mass is 16.7. The van der Waals surface area contributed by atoms with Crippen LogP contribution in [0, 0.1) is 0 Å². The summed E-state index contributed by atoms with van der Waals surface area (Å²) in [5.74, 6) is -2.27. The number of amides is 1. The third kappa shape index (κ3) is 4.53. The normalized spacial score (nSPS) is 45.3. The van der Waals surface area contributed by atoms with Crippen molar-refractivity contribution in [3.8, 4) is 0 Å². The second-order valence-corrected chi connectivity index (χ2v) is 6.30. The molecule has 10 atom stereocenters. The van der Waals surface area contributed by atoms with Crippen molar-refractivity contribution in [2.24, 2.45) is 0 Å². The molecule has 1 unspecified atom stereocenters. The van der Waals surface area contributed by atoms with E-state index in [1.54, 1.807) is 0 Å². The number of carboxylic acid groups (broad SMARTS) is 1. The van der Waals surface area contributed by atoms with Gasteiger partial charge in [-0.25, -0.2) is 4.79 Å². The van der Waals surface area contributed by atoms with Crippen molar-refractivity contribution in [2.45, 2.75) is 68.3 Å². The number of carbonyl (C=O) groups excluding carboxylic acids is 1. The minimum atomic E-state index is -1.91. The van der Waals surface area contributed by atoms with E-state index in [4.69, 9.17) is 14.2 Å². The van der Waals surface area contributed by atoms with Crippen molar-refractivity contribution in [3.05, 3.63) is 0 Å². The molecule has 0 spiro atoms. The van der Waals surface area contributed by atoms with E-state index in [9.17, 15) is 45.3 Å². The Balaban J connectivity index is 2.23. The Morgan fingerprint density at radius 3 is 2.15 bits per heavy atom. The van der Waals surface area contributed by atoms with Gasteiger partial charge in [-0.1, -0.05) is 0 Å². The first-order valence-corrected chi connectivity index (χ1v) is 8.06. The van der Waals surface area contributed by atoms with Crippen LogP contribution >= 0.6 is 0 Å². The molecule has 0 bridgehead atoms. The van der Waals surface area contributed by atoms with Gasteiger partial charge in [0, 0.05) is 6.92 Å². The molecule has 13 nitrogen and oxygen atoms in total. The fourth-order valence-electron chi connectivity index (χ4n) is 2.94. The summed E-state index contributed by atoms with van der Waals surface area (Å²) in [6.45, 7) is 0.348. The summed E-state index contributed by atoms with van der Waals surface area (Å²) in [7, 11) is 0. The van der Waals surface area contributed by atoms with Gasteiger partial charge < -0.3 is 55.3 Å². The fraction of sp³-hybridized carbons (Fsp3) is 0.857. The molecule has 0 aromatic heterocycles. The summed E-state index contributed by atoms with van der Waals surface area (Å²) < 4.78 is 15.3. The number of aliphatic carboxylic acids is 1. The largest absolute Gasteiger partial charge is 0.479 e. The van der Waals surface area contributed by atoms with Crippen LogP contribution in [0.25, 0.3) is 0 Å². The maximum atomic E-state index is 11.4. The molecule has 13 heteroatoms. The summed E-state index contributed by atoms with van der Waals surface area (Å²) in [5, 5.41) is 70.4. The average Bonchev–Trinajstić information content (AvgIpc) is 2.60. The van der Waals surface area contributed by atoms with Crippen LogP contribution in [-0.4, -0.2) is 116 Å². The zero-order valence-corrected chi connectivity index (χ0v) is 14.2. The third-order valence-electron chi connectivity index (χ3n) is 4.35. The zero-order chi connectivity index (χ0) is 20.5. The predicted molar refractivity (Wildman–Crippen MR) is 80.8 cm³/mol. The molecule has 0 aliphatic carbocycles. The van der Waals surface area contributed by atoms with Crippen LogP contribution in [0.3, 0.4) is 0 Å². The Bertz CT molecular complexity index is 544. The second-order valence-electron chi connectivity index (χ2n) is 6.30. The quantitative estimate of drug-likeness (QED) is 0.218. The fourth-order valence-corrected chi connectivity index (χ4v) is 2.94. The Morgan fingerprint density at radius 2 is 1.63 bits per heavy atom. The Kier molecular flexibility index (Phi) is 7.07. The first-order valence-electron chi connectivity index (χ1n) is 8.06. The van der Waals surface area contributed by atoms with Gasteiger partial charge in [-0.3, -0.25) is 4.79 Å². The number of aliphatic hydroxyl groups is 6. The Hall–Kier alpha value is -1.42.